The highest BCUT2D eigenvalue weighted by molar-refractivity contribution is 5.57. The van der Waals surface area contributed by atoms with Crippen LogP contribution >= 0.6 is 0 Å². The lowest BCUT2D eigenvalue weighted by Crippen LogP contribution is -2.50. The van der Waals surface area contributed by atoms with Crippen molar-refractivity contribution in [2.75, 3.05) is 0 Å². The van der Waals surface area contributed by atoms with Crippen molar-refractivity contribution in [3.05, 3.63) is 35.9 Å². The van der Waals surface area contributed by atoms with Crippen molar-refractivity contribution in [3.8, 4) is 0 Å². The fourth-order valence-electron chi connectivity index (χ4n) is 7.14. The molecular weight excluding hydrogens is 320 g/mol. The van der Waals surface area contributed by atoms with Crippen LogP contribution in [0.4, 0.5) is 0 Å². The van der Waals surface area contributed by atoms with Gasteiger partial charge in [0.05, 0.1) is 18.1 Å². The molecule has 3 heteroatoms. The molecule has 0 saturated heterocycles. The molecule has 26 heavy (non-hydrogen) atoms. The predicted octanol–water partition coefficient (Wildman–Crippen LogP) is 4.97. The summed E-state index contributed by atoms with van der Waals surface area (Å²) in [6.07, 6.45) is 17.2. The molecule has 0 amide bonds. The van der Waals surface area contributed by atoms with E-state index in [0.29, 0.717) is 5.41 Å². The van der Waals surface area contributed by atoms with Gasteiger partial charge in [0, 0.05) is 17.3 Å². The molecule has 2 fully saturated rings. The third-order valence-electron chi connectivity index (χ3n) is 8.61. The molecule has 140 valence electrons. The number of hydrogen-bond donors (Lipinski definition) is 1. The van der Waals surface area contributed by atoms with Crippen LogP contribution < -0.4 is 0 Å². The van der Waals surface area contributed by atoms with Gasteiger partial charge in [0.2, 0.25) is 0 Å². The first kappa shape index (κ1) is 16.8. The van der Waals surface area contributed by atoms with Gasteiger partial charge < -0.3 is 9.67 Å². The largest absolute Gasteiger partial charge is 0.393 e. The summed E-state index contributed by atoms with van der Waals surface area (Å²) in [4.78, 5) is 4.47. The first-order valence-electron chi connectivity index (χ1n) is 10.5. The van der Waals surface area contributed by atoms with E-state index >= 15 is 0 Å². The van der Waals surface area contributed by atoms with Crippen LogP contribution in [-0.4, -0.2) is 20.8 Å². The minimum absolute atomic E-state index is 0.107. The number of aliphatic hydroxyl groups is 1. The summed E-state index contributed by atoms with van der Waals surface area (Å²) in [5.74, 6) is 2.34. The first-order valence-corrected chi connectivity index (χ1v) is 10.5. The molecule has 3 nitrogen and oxygen atoms in total. The van der Waals surface area contributed by atoms with Gasteiger partial charge in [-0.3, -0.25) is 0 Å². The number of nitrogens with zero attached hydrogens (tertiary/aromatic N) is 2. The second-order valence-corrected chi connectivity index (χ2v) is 9.86. The number of aromatic nitrogens is 2. The average Bonchev–Trinajstić information content (AvgIpc) is 3.18. The molecule has 1 heterocycles. The van der Waals surface area contributed by atoms with E-state index < -0.39 is 0 Å². The molecule has 1 aromatic rings. The molecular formula is C23H32N2O. The first-order chi connectivity index (χ1) is 12.4. The van der Waals surface area contributed by atoms with E-state index in [-0.39, 0.29) is 11.5 Å². The van der Waals surface area contributed by atoms with Gasteiger partial charge in [-0.05, 0) is 75.0 Å². The lowest BCUT2D eigenvalue weighted by atomic mass is 9.48. The number of imidazole rings is 1. The maximum Gasteiger partial charge on any atom is 0.0992 e. The number of hydrogen-bond acceptors (Lipinski definition) is 2. The number of aryl methyl sites for hydroxylation is 1. The van der Waals surface area contributed by atoms with E-state index in [9.17, 15) is 5.11 Å². The summed E-state index contributed by atoms with van der Waals surface area (Å²) in [7, 11) is 0. The van der Waals surface area contributed by atoms with Crippen LogP contribution in [0.2, 0.25) is 0 Å². The Hall–Kier alpha value is -1.35. The lowest BCUT2D eigenvalue weighted by molar-refractivity contribution is -0.0249. The standard InChI is InChI=1S/C23H32N2O/c1-15-13-25(14-24-15)21-7-6-19-18-5-4-16-12-17(26)8-10-22(16,2)20(18)9-11-23(19,21)3/h4,7,13-14,17-20,26H,5-6,8-12H2,1-3H3/t17-,18?,19?,20?,22-,23-/m0/s1. The Morgan fingerprint density at radius 1 is 1.08 bits per heavy atom. The van der Waals surface area contributed by atoms with Crippen molar-refractivity contribution in [2.24, 2.45) is 28.6 Å². The monoisotopic (exact) mass is 352 g/mol. The lowest BCUT2D eigenvalue weighted by Gasteiger charge is -2.57. The van der Waals surface area contributed by atoms with Gasteiger partial charge in [0.15, 0.2) is 0 Å². The molecule has 6 atom stereocenters. The minimum atomic E-state index is -0.107. The second kappa shape index (κ2) is 5.58. The van der Waals surface area contributed by atoms with Crippen LogP contribution in [0.3, 0.4) is 0 Å². The number of aliphatic hydroxyl groups excluding tert-OH is 1. The van der Waals surface area contributed by atoms with Gasteiger partial charge in [-0.2, -0.15) is 0 Å². The molecule has 3 unspecified atom stereocenters. The molecule has 0 aromatic carbocycles. The Kier molecular flexibility index (Phi) is 3.60. The van der Waals surface area contributed by atoms with Crippen molar-refractivity contribution in [1.82, 2.24) is 9.55 Å². The zero-order valence-electron chi connectivity index (χ0n) is 16.4. The van der Waals surface area contributed by atoms with Crippen molar-refractivity contribution in [1.29, 1.82) is 0 Å². The molecule has 1 N–H and O–H groups in total. The summed E-state index contributed by atoms with van der Waals surface area (Å²) in [5, 5.41) is 10.2. The minimum Gasteiger partial charge on any atom is -0.393 e. The van der Waals surface area contributed by atoms with Crippen molar-refractivity contribution in [3.63, 3.8) is 0 Å². The van der Waals surface area contributed by atoms with Gasteiger partial charge in [-0.15, -0.1) is 0 Å². The number of fused-ring (bicyclic) bond motifs is 5. The predicted molar refractivity (Wildman–Crippen MR) is 104 cm³/mol. The van der Waals surface area contributed by atoms with Gasteiger partial charge in [0.1, 0.15) is 0 Å². The molecule has 0 radical (unpaired) electrons. The Balaban J connectivity index is 1.47. The zero-order valence-corrected chi connectivity index (χ0v) is 16.4. The zero-order chi connectivity index (χ0) is 18.1. The smallest absolute Gasteiger partial charge is 0.0992 e. The van der Waals surface area contributed by atoms with Crippen molar-refractivity contribution < 1.29 is 5.11 Å². The fourth-order valence-corrected chi connectivity index (χ4v) is 7.14. The summed E-state index contributed by atoms with van der Waals surface area (Å²) in [6.45, 7) is 7.09. The van der Waals surface area contributed by atoms with Gasteiger partial charge in [-0.25, -0.2) is 4.98 Å². The molecule has 0 spiro atoms. The number of rotatable bonds is 1. The summed E-state index contributed by atoms with van der Waals surface area (Å²) in [5.41, 5.74) is 4.77. The molecule has 0 aliphatic heterocycles. The van der Waals surface area contributed by atoms with E-state index in [2.05, 4.69) is 48.7 Å². The molecule has 0 bridgehead atoms. The third kappa shape index (κ3) is 2.19. The van der Waals surface area contributed by atoms with E-state index in [4.69, 9.17) is 0 Å². The molecule has 2 saturated carbocycles. The Morgan fingerprint density at radius 2 is 1.88 bits per heavy atom. The highest BCUT2D eigenvalue weighted by atomic mass is 16.3. The maximum atomic E-state index is 10.2. The molecule has 4 aliphatic rings. The normalized spacial score (nSPS) is 44.6. The van der Waals surface area contributed by atoms with Crippen LogP contribution in [-0.2, 0) is 0 Å². The molecule has 5 rings (SSSR count). The molecule has 4 aliphatic carbocycles. The average molecular weight is 353 g/mol. The van der Waals surface area contributed by atoms with E-state index in [1.165, 1.54) is 37.8 Å². The SMILES string of the molecule is Cc1cn(C2=CCC3C4CC=C5C[C@@H](O)CC[C@]5(C)C4CC[C@]23C)cn1. The van der Waals surface area contributed by atoms with E-state index in [0.717, 1.165) is 36.3 Å². The van der Waals surface area contributed by atoms with Crippen LogP contribution in [0.5, 0.6) is 0 Å². The Labute approximate surface area is 157 Å². The maximum absolute atomic E-state index is 10.2. The quantitative estimate of drug-likeness (QED) is 0.725. The van der Waals surface area contributed by atoms with Gasteiger partial charge in [-0.1, -0.05) is 31.6 Å². The highest BCUT2D eigenvalue weighted by Gasteiger charge is 2.56. The highest BCUT2D eigenvalue weighted by Crippen LogP contribution is 2.65. The second-order valence-electron chi connectivity index (χ2n) is 9.86. The third-order valence-corrected chi connectivity index (χ3v) is 8.61. The molecule has 1 aromatic heterocycles. The van der Waals surface area contributed by atoms with E-state index in [1.807, 2.05) is 6.33 Å². The summed E-state index contributed by atoms with van der Waals surface area (Å²) in [6, 6.07) is 0. The van der Waals surface area contributed by atoms with Gasteiger partial charge in [0.25, 0.3) is 0 Å². The van der Waals surface area contributed by atoms with Crippen molar-refractivity contribution in [2.45, 2.75) is 71.8 Å². The van der Waals surface area contributed by atoms with Crippen LogP contribution in [0.25, 0.3) is 5.70 Å². The van der Waals surface area contributed by atoms with Crippen LogP contribution in [0, 0.1) is 35.5 Å². The topological polar surface area (TPSA) is 38.0 Å². The van der Waals surface area contributed by atoms with E-state index in [1.54, 1.807) is 5.57 Å². The summed E-state index contributed by atoms with van der Waals surface area (Å²) < 4.78 is 2.29. The fraction of sp³-hybridized carbons (Fsp3) is 0.696. The van der Waals surface area contributed by atoms with Crippen LogP contribution in [0.15, 0.2) is 30.2 Å². The Morgan fingerprint density at radius 3 is 2.65 bits per heavy atom. The Bertz CT molecular complexity index is 790. The van der Waals surface area contributed by atoms with Crippen molar-refractivity contribution >= 4 is 5.70 Å². The number of allylic oxidation sites excluding steroid dienone is 3. The summed E-state index contributed by atoms with van der Waals surface area (Å²) >= 11 is 0. The van der Waals surface area contributed by atoms with Crippen LogP contribution in [0.1, 0.15) is 64.5 Å². The van der Waals surface area contributed by atoms with Gasteiger partial charge >= 0.3 is 0 Å².